The molecule has 0 aliphatic heterocycles. The average Bonchev–Trinajstić information content (AvgIpc) is 2.29. The van der Waals surface area contributed by atoms with Crippen molar-refractivity contribution in [2.75, 3.05) is 0 Å². The van der Waals surface area contributed by atoms with E-state index in [1.54, 1.807) is 18.5 Å². The lowest BCUT2D eigenvalue weighted by Gasteiger charge is -2.07. The molecule has 82 valence electrons. The third-order valence-electron chi connectivity index (χ3n) is 2.62. The van der Waals surface area contributed by atoms with Gasteiger partial charge in [0.1, 0.15) is 0 Å². The summed E-state index contributed by atoms with van der Waals surface area (Å²) in [6.07, 6.45) is 4.23. The van der Waals surface area contributed by atoms with Gasteiger partial charge in [-0.05, 0) is 31.0 Å². The third-order valence-corrected chi connectivity index (χ3v) is 2.62. The van der Waals surface area contributed by atoms with Crippen LogP contribution in [0.25, 0.3) is 11.1 Å². The molecule has 0 spiro atoms. The first-order valence-corrected chi connectivity index (χ1v) is 5.35. The van der Waals surface area contributed by atoms with Crippen LogP contribution in [-0.2, 0) is 6.42 Å². The fourth-order valence-corrected chi connectivity index (χ4v) is 1.82. The van der Waals surface area contributed by atoms with E-state index in [2.05, 4.69) is 9.97 Å². The number of nitrogens with one attached hydrogen (secondary N) is 1. The Morgan fingerprint density at radius 3 is 2.56 bits per heavy atom. The Morgan fingerprint density at radius 1 is 1.31 bits per heavy atom. The summed E-state index contributed by atoms with van der Waals surface area (Å²) in [4.78, 5) is 19.2. The van der Waals surface area contributed by atoms with Crippen molar-refractivity contribution in [1.29, 1.82) is 0 Å². The molecule has 2 rings (SSSR count). The van der Waals surface area contributed by atoms with Gasteiger partial charge in [-0.15, -0.1) is 0 Å². The van der Waals surface area contributed by atoms with Crippen LogP contribution in [0.15, 0.2) is 35.4 Å². The lowest BCUT2D eigenvalue weighted by Crippen LogP contribution is -2.09. The molecule has 0 radical (unpaired) electrons. The van der Waals surface area contributed by atoms with Gasteiger partial charge >= 0.3 is 0 Å². The van der Waals surface area contributed by atoms with E-state index < -0.39 is 0 Å². The summed E-state index contributed by atoms with van der Waals surface area (Å²) in [7, 11) is 0. The van der Waals surface area contributed by atoms with E-state index in [4.69, 9.17) is 0 Å². The van der Waals surface area contributed by atoms with Gasteiger partial charge in [0.15, 0.2) is 5.43 Å². The number of rotatable bonds is 2. The first-order chi connectivity index (χ1) is 7.72. The summed E-state index contributed by atoms with van der Waals surface area (Å²) in [6, 6.07) is 5.37. The average molecular weight is 214 g/mol. The van der Waals surface area contributed by atoms with Crippen molar-refractivity contribution in [1.82, 2.24) is 9.97 Å². The van der Waals surface area contributed by atoms with Crippen molar-refractivity contribution < 1.29 is 0 Å². The molecule has 0 unspecified atom stereocenters. The number of nitrogens with zero attached hydrogens (tertiary/aromatic N) is 1. The van der Waals surface area contributed by atoms with Crippen molar-refractivity contribution in [3.63, 3.8) is 0 Å². The Morgan fingerprint density at radius 2 is 2.00 bits per heavy atom. The molecule has 0 atom stereocenters. The molecule has 0 aliphatic carbocycles. The Kier molecular flexibility index (Phi) is 2.86. The predicted octanol–water partition coefficient (Wildman–Crippen LogP) is 2.31. The number of pyridine rings is 2. The second-order valence-electron chi connectivity index (χ2n) is 3.75. The van der Waals surface area contributed by atoms with Crippen LogP contribution in [0.3, 0.4) is 0 Å². The summed E-state index contributed by atoms with van der Waals surface area (Å²) in [6.45, 7) is 3.95. The van der Waals surface area contributed by atoms with E-state index >= 15 is 0 Å². The van der Waals surface area contributed by atoms with Gasteiger partial charge in [0, 0.05) is 35.4 Å². The normalized spacial score (nSPS) is 10.4. The van der Waals surface area contributed by atoms with Gasteiger partial charge in [-0.3, -0.25) is 9.78 Å². The zero-order chi connectivity index (χ0) is 11.5. The number of aromatic amines is 1. The predicted molar refractivity (Wildman–Crippen MR) is 64.4 cm³/mol. The Hall–Kier alpha value is -1.90. The Balaban J connectivity index is 2.63. The van der Waals surface area contributed by atoms with E-state index in [-0.39, 0.29) is 5.43 Å². The van der Waals surface area contributed by atoms with Crippen LogP contribution in [0.4, 0.5) is 0 Å². The summed E-state index contributed by atoms with van der Waals surface area (Å²) in [5, 5.41) is 0. The molecule has 0 saturated carbocycles. The maximum absolute atomic E-state index is 12.0. The molecule has 0 aromatic carbocycles. The van der Waals surface area contributed by atoms with E-state index in [0.717, 1.165) is 28.9 Å². The van der Waals surface area contributed by atoms with Gasteiger partial charge in [-0.25, -0.2) is 0 Å². The minimum Gasteiger partial charge on any atom is -0.362 e. The molecule has 0 aliphatic rings. The molecule has 2 aromatic rings. The second-order valence-corrected chi connectivity index (χ2v) is 3.75. The zero-order valence-electron chi connectivity index (χ0n) is 9.45. The van der Waals surface area contributed by atoms with Gasteiger partial charge in [0.2, 0.25) is 0 Å². The molecular formula is C13H14N2O. The minimum absolute atomic E-state index is 0.0688. The van der Waals surface area contributed by atoms with Crippen LogP contribution in [0.2, 0.25) is 0 Å². The molecule has 3 heteroatoms. The second kappa shape index (κ2) is 4.31. The molecule has 2 aromatic heterocycles. The Labute approximate surface area is 94.2 Å². The first kappa shape index (κ1) is 10.6. The van der Waals surface area contributed by atoms with Crippen LogP contribution in [0.5, 0.6) is 0 Å². The fraction of sp³-hybridized carbons (Fsp3) is 0.231. The molecule has 1 N–H and O–H groups in total. The molecule has 3 nitrogen and oxygen atoms in total. The van der Waals surface area contributed by atoms with Crippen LogP contribution >= 0.6 is 0 Å². The number of hydrogen-bond donors (Lipinski definition) is 1. The summed E-state index contributed by atoms with van der Waals surface area (Å²) >= 11 is 0. The van der Waals surface area contributed by atoms with Gasteiger partial charge in [0.05, 0.1) is 0 Å². The van der Waals surface area contributed by atoms with Crippen molar-refractivity contribution in [3.05, 3.63) is 52.2 Å². The number of H-pyrrole nitrogens is 1. The molecule has 0 fully saturated rings. The molecule has 0 bridgehead atoms. The molecule has 2 heterocycles. The van der Waals surface area contributed by atoms with Crippen molar-refractivity contribution in [2.24, 2.45) is 0 Å². The lowest BCUT2D eigenvalue weighted by molar-refractivity contribution is 1.00. The van der Waals surface area contributed by atoms with Gasteiger partial charge in [0.25, 0.3) is 0 Å². The van der Waals surface area contributed by atoms with Crippen LogP contribution in [0, 0.1) is 6.92 Å². The lowest BCUT2D eigenvalue weighted by atomic mass is 10.0. The quantitative estimate of drug-likeness (QED) is 0.833. The number of aromatic nitrogens is 2. The summed E-state index contributed by atoms with van der Waals surface area (Å²) < 4.78 is 0. The van der Waals surface area contributed by atoms with E-state index in [0.29, 0.717) is 0 Å². The molecule has 0 amide bonds. The zero-order valence-corrected chi connectivity index (χ0v) is 9.45. The van der Waals surface area contributed by atoms with Crippen molar-refractivity contribution >= 4 is 0 Å². The first-order valence-electron chi connectivity index (χ1n) is 5.35. The van der Waals surface area contributed by atoms with E-state index in [9.17, 15) is 4.79 Å². The van der Waals surface area contributed by atoms with Crippen molar-refractivity contribution in [3.8, 4) is 11.1 Å². The Bertz CT molecular complexity index is 544. The highest BCUT2D eigenvalue weighted by Crippen LogP contribution is 2.17. The van der Waals surface area contributed by atoms with Crippen LogP contribution in [-0.4, -0.2) is 9.97 Å². The minimum atomic E-state index is 0.0688. The maximum Gasteiger partial charge on any atom is 0.189 e. The highest BCUT2D eigenvalue weighted by atomic mass is 16.1. The largest absolute Gasteiger partial charge is 0.362 e. The monoisotopic (exact) mass is 214 g/mol. The molecular weight excluding hydrogens is 200 g/mol. The summed E-state index contributed by atoms with van der Waals surface area (Å²) in [5.41, 5.74) is 3.60. The van der Waals surface area contributed by atoms with E-state index in [1.807, 2.05) is 26.0 Å². The van der Waals surface area contributed by atoms with Gasteiger partial charge in [-0.2, -0.15) is 0 Å². The summed E-state index contributed by atoms with van der Waals surface area (Å²) in [5.74, 6) is 0. The molecule has 16 heavy (non-hydrogen) atoms. The number of hydrogen-bond acceptors (Lipinski definition) is 2. The maximum atomic E-state index is 12.0. The van der Waals surface area contributed by atoms with Crippen molar-refractivity contribution in [2.45, 2.75) is 20.3 Å². The molecule has 0 saturated heterocycles. The highest BCUT2D eigenvalue weighted by Gasteiger charge is 2.07. The third kappa shape index (κ3) is 1.89. The fourth-order valence-electron chi connectivity index (χ4n) is 1.82. The topological polar surface area (TPSA) is 45.8 Å². The standard InChI is InChI=1S/C13H14N2O/c1-3-11-8-12(16)13(9(2)15-11)10-4-6-14-7-5-10/h4-8H,3H2,1-2H3,(H,15,16). The SMILES string of the molecule is CCc1cc(=O)c(-c2ccncc2)c(C)[nH]1. The number of aryl methyl sites for hydroxylation is 2. The van der Waals surface area contributed by atoms with Crippen LogP contribution < -0.4 is 5.43 Å². The van der Waals surface area contributed by atoms with E-state index in [1.165, 1.54) is 0 Å². The van der Waals surface area contributed by atoms with Crippen LogP contribution in [0.1, 0.15) is 18.3 Å². The van der Waals surface area contributed by atoms with Gasteiger partial charge < -0.3 is 4.98 Å². The van der Waals surface area contributed by atoms with Gasteiger partial charge in [-0.1, -0.05) is 6.92 Å². The highest BCUT2D eigenvalue weighted by molar-refractivity contribution is 5.64. The smallest absolute Gasteiger partial charge is 0.189 e.